The molecule has 0 fully saturated rings. The van der Waals surface area contributed by atoms with Crippen LogP contribution in [0.25, 0.3) is 0 Å². The van der Waals surface area contributed by atoms with Crippen molar-refractivity contribution in [1.29, 1.82) is 0 Å². The zero-order valence-electron chi connectivity index (χ0n) is 4.61. The van der Waals surface area contributed by atoms with Gasteiger partial charge in [0.05, 0.1) is 0 Å². The SMILES string of the molecule is O=S1(=O)C=[C]C=CC=C1. The lowest BCUT2D eigenvalue weighted by Gasteiger charge is -1.80. The van der Waals surface area contributed by atoms with Gasteiger partial charge in [-0.05, 0) is 6.08 Å². The summed E-state index contributed by atoms with van der Waals surface area (Å²) < 4.78 is 21.3. The van der Waals surface area contributed by atoms with E-state index >= 15 is 0 Å². The Labute approximate surface area is 54.1 Å². The van der Waals surface area contributed by atoms with Crippen LogP contribution in [0, 0.1) is 6.08 Å². The highest BCUT2D eigenvalue weighted by atomic mass is 32.2. The quantitative estimate of drug-likeness (QED) is 0.500. The lowest BCUT2D eigenvalue weighted by atomic mass is 10.5. The van der Waals surface area contributed by atoms with Gasteiger partial charge in [0.1, 0.15) is 0 Å². The Morgan fingerprint density at radius 1 is 1.22 bits per heavy atom. The molecule has 3 heteroatoms. The smallest absolute Gasteiger partial charge is 0.193 e. The molecule has 2 nitrogen and oxygen atoms in total. The Morgan fingerprint density at radius 3 is 2.78 bits per heavy atom. The molecule has 0 atom stereocenters. The molecule has 0 aliphatic carbocycles. The third-order valence-electron chi connectivity index (χ3n) is 0.804. The van der Waals surface area contributed by atoms with E-state index in [1.165, 1.54) is 6.08 Å². The van der Waals surface area contributed by atoms with Crippen molar-refractivity contribution in [3.63, 3.8) is 0 Å². The molecule has 0 unspecified atom stereocenters. The first kappa shape index (κ1) is 6.29. The van der Waals surface area contributed by atoms with Crippen molar-refractivity contribution >= 4 is 9.84 Å². The average Bonchev–Trinajstić information content (AvgIpc) is 1.92. The molecule has 1 aliphatic heterocycles. The van der Waals surface area contributed by atoms with Gasteiger partial charge >= 0.3 is 0 Å². The van der Waals surface area contributed by atoms with Crippen LogP contribution in [0.5, 0.6) is 0 Å². The van der Waals surface area contributed by atoms with Crippen molar-refractivity contribution in [2.24, 2.45) is 0 Å². The van der Waals surface area contributed by atoms with E-state index in [-0.39, 0.29) is 0 Å². The van der Waals surface area contributed by atoms with Gasteiger partial charge in [0, 0.05) is 10.8 Å². The van der Waals surface area contributed by atoms with Gasteiger partial charge in [-0.1, -0.05) is 18.2 Å². The molecule has 47 valence electrons. The van der Waals surface area contributed by atoms with Gasteiger partial charge in [-0.2, -0.15) is 0 Å². The molecule has 1 aliphatic rings. The summed E-state index contributed by atoms with van der Waals surface area (Å²) >= 11 is 0. The van der Waals surface area contributed by atoms with E-state index in [1.807, 2.05) is 0 Å². The lowest BCUT2D eigenvalue weighted by Crippen LogP contribution is -1.85. The van der Waals surface area contributed by atoms with Gasteiger partial charge in [-0.15, -0.1) is 0 Å². The van der Waals surface area contributed by atoms with Crippen molar-refractivity contribution in [2.75, 3.05) is 0 Å². The monoisotopic (exact) mass is 141 g/mol. The number of hydrogen-bond donors (Lipinski definition) is 0. The van der Waals surface area contributed by atoms with Gasteiger partial charge in [-0.25, -0.2) is 8.42 Å². The Bertz CT molecular complexity index is 245. The topological polar surface area (TPSA) is 34.1 Å². The van der Waals surface area contributed by atoms with Gasteiger partial charge in [0.15, 0.2) is 9.84 Å². The number of rotatable bonds is 0. The van der Waals surface area contributed by atoms with E-state index in [0.29, 0.717) is 0 Å². The third-order valence-corrected chi connectivity index (χ3v) is 1.81. The van der Waals surface area contributed by atoms with Crippen LogP contribution < -0.4 is 0 Å². The molecule has 1 heterocycles. The first-order valence-electron chi connectivity index (χ1n) is 2.38. The molecule has 0 aromatic carbocycles. The molecule has 0 N–H and O–H groups in total. The summed E-state index contributed by atoms with van der Waals surface area (Å²) in [5.74, 6) is 0. The summed E-state index contributed by atoms with van der Waals surface area (Å²) in [5.41, 5.74) is 0. The Kier molecular flexibility index (Phi) is 1.53. The second kappa shape index (κ2) is 2.19. The molecule has 0 amide bonds. The molecule has 9 heavy (non-hydrogen) atoms. The van der Waals surface area contributed by atoms with E-state index < -0.39 is 9.84 Å². The fourth-order valence-electron chi connectivity index (χ4n) is 0.439. The van der Waals surface area contributed by atoms with E-state index in [0.717, 1.165) is 10.8 Å². The van der Waals surface area contributed by atoms with Crippen molar-refractivity contribution in [2.45, 2.75) is 0 Å². The molecular weight excluding hydrogens is 136 g/mol. The van der Waals surface area contributed by atoms with E-state index in [2.05, 4.69) is 6.08 Å². The maximum atomic E-state index is 10.6. The van der Waals surface area contributed by atoms with Crippen LogP contribution in [0.3, 0.4) is 0 Å². The first-order chi connectivity index (χ1) is 4.21. The normalized spacial score (nSPS) is 21.8. The van der Waals surface area contributed by atoms with E-state index in [4.69, 9.17) is 0 Å². The molecule has 0 saturated heterocycles. The van der Waals surface area contributed by atoms with Gasteiger partial charge in [0.25, 0.3) is 0 Å². The predicted molar refractivity (Wildman–Crippen MR) is 35.0 cm³/mol. The van der Waals surface area contributed by atoms with Crippen molar-refractivity contribution < 1.29 is 8.42 Å². The molecule has 0 bridgehead atoms. The van der Waals surface area contributed by atoms with Crippen molar-refractivity contribution in [1.82, 2.24) is 0 Å². The highest BCUT2D eigenvalue weighted by molar-refractivity contribution is 7.97. The van der Waals surface area contributed by atoms with Crippen molar-refractivity contribution in [3.05, 3.63) is 35.1 Å². The Morgan fingerprint density at radius 2 is 2.00 bits per heavy atom. The minimum atomic E-state index is -3.10. The number of allylic oxidation sites excluding steroid dienone is 4. The van der Waals surface area contributed by atoms with Crippen LogP contribution in [-0.4, -0.2) is 8.42 Å². The van der Waals surface area contributed by atoms with Crippen LogP contribution in [0.2, 0.25) is 0 Å². The summed E-state index contributed by atoms with van der Waals surface area (Å²) in [6, 6.07) is 0. The van der Waals surface area contributed by atoms with Crippen LogP contribution in [0.1, 0.15) is 0 Å². The van der Waals surface area contributed by atoms with Crippen LogP contribution in [-0.2, 0) is 9.84 Å². The predicted octanol–water partition coefficient (Wildman–Crippen LogP) is 0.802. The maximum Gasteiger partial charge on any atom is 0.193 e. The number of hydrogen-bond acceptors (Lipinski definition) is 2. The zero-order chi connectivity index (χ0) is 6.74. The van der Waals surface area contributed by atoms with E-state index in [9.17, 15) is 8.42 Å². The van der Waals surface area contributed by atoms with Crippen molar-refractivity contribution in [3.8, 4) is 0 Å². The lowest BCUT2D eigenvalue weighted by molar-refractivity contribution is 0.612. The van der Waals surface area contributed by atoms with Crippen LogP contribution in [0.4, 0.5) is 0 Å². The molecular formula is C6H5O2S. The minimum Gasteiger partial charge on any atom is -0.220 e. The molecule has 0 saturated carbocycles. The Hall–Kier alpha value is -0.830. The summed E-state index contributed by atoms with van der Waals surface area (Å²) in [4.78, 5) is 0. The molecule has 1 radical (unpaired) electrons. The largest absolute Gasteiger partial charge is 0.220 e. The van der Waals surface area contributed by atoms with E-state index in [1.54, 1.807) is 12.2 Å². The highest BCUT2D eigenvalue weighted by Gasteiger charge is 1.97. The second-order valence-electron chi connectivity index (χ2n) is 1.56. The summed E-state index contributed by atoms with van der Waals surface area (Å²) in [5, 5.41) is 2.16. The second-order valence-corrected chi connectivity index (χ2v) is 3.25. The summed E-state index contributed by atoms with van der Waals surface area (Å²) in [6.45, 7) is 0. The molecule has 0 aromatic heterocycles. The summed E-state index contributed by atoms with van der Waals surface area (Å²) in [6.07, 6.45) is 7.10. The van der Waals surface area contributed by atoms with Crippen LogP contribution in [0.15, 0.2) is 29.0 Å². The highest BCUT2D eigenvalue weighted by Crippen LogP contribution is 1.98. The zero-order valence-corrected chi connectivity index (χ0v) is 5.43. The van der Waals surface area contributed by atoms with Crippen LogP contribution >= 0.6 is 0 Å². The van der Waals surface area contributed by atoms with Gasteiger partial charge in [-0.3, -0.25) is 0 Å². The summed E-state index contributed by atoms with van der Waals surface area (Å²) in [7, 11) is -3.10. The average molecular weight is 141 g/mol. The van der Waals surface area contributed by atoms with Gasteiger partial charge < -0.3 is 0 Å². The third kappa shape index (κ3) is 1.85. The minimum absolute atomic E-state index is 1.03. The molecule has 1 rings (SSSR count). The standard InChI is InChI=1S/C6H5O2S/c7-9(8)5-3-1-2-4-6-9/h1-3,5-6H. The molecule has 0 spiro atoms. The van der Waals surface area contributed by atoms with Gasteiger partial charge in [0.2, 0.25) is 0 Å². The Balaban J connectivity index is 3.11. The maximum absolute atomic E-state index is 10.6. The molecule has 0 aromatic rings. The fourth-order valence-corrected chi connectivity index (χ4v) is 1.10. The first-order valence-corrected chi connectivity index (χ1v) is 3.99. The fraction of sp³-hybridized carbons (Fsp3) is 0. The number of sulfone groups is 1.